The fourth-order valence-corrected chi connectivity index (χ4v) is 5.21. The van der Waals surface area contributed by atoms with Gasteiger partial charge in [-0.2, -0.15) is 0 Å². The zero-order chi connectivity index (χ0) is 30.0. The average molecular weight is 555 g/mol. The molecule has 0 saturated heterocycles. The Labute approximate surface area is 243 Å². The molecule has 1 amide bonds. The number of carboxylic acid groups (broad SMARTS) is 1. The Hall–Kier alpha value is -4.06. The summed E-state index contributed by atoms with van der Waals surface area (Å²) >= 11 is 0. The fraction of sp³-hybridized carbons (Fsp3) is 0.371. The van der Waals surface area contributed by atoms with Crippen LogP contribution in [0.1, 0.15) is 90.4 Å². The number of rotatable bonds is 10. The topological polar surface area (TPSA) is 80.6 Å². The van der Waals surface area contributed by atoms with Gasteiger partial charge in [-0.1, -0.05) is 64.1 Å². The van der Waals surface area contributed by atoms with E-state index in [-0.39, 0.29) is 17.9 Å². The van der Waals surface area contributed by atoms with Crippen molar-refractivity contribution in [1.29, 1.82) is 0 Å². The molecule has 1 aromatic heterocycles. The van der Waals surface area contributed by atoms with Gasteiger partial charge in [0.2, 0.25) is 0 Å². The molecule has 2 unspecified atom stereocenters. The van der Waals surface area contributed by atoms with Gasteiger partial charge in [0, 0.05) is 34.6 Å². The highest BCUT2D eigenvalue weighted by molar-refractivity contribution is 5.99. The molecule has 4 aromatic rings. The van der Waals surface area contributed by atoms with Crippen LogP contribution in [0.25, 0.3) is 10.9 Å². The molecular weight excluding hydrogens is 512 g/mol. The van der Waals surface area contributed by atoms with Crippen molar-refractivity contribution >= 4 is 22.8 Å². The van der Waals surface area contributed by atoms with Gasteiger partial charge in [-0.05, 0) is 85.7 Å². The van der Waals surface area contributed by atoms with E-state index in [1.807, 2.05) is 70.2 Å². The van der Waals surface area contributed by atoms with Crippen molar-refractivity contribution in [2.45, 2.75) is 80.0 Å². The lowest BCUT2D eigenvalue weighted by Crippen LogP contribution is -2.32. The predicted molar refractivity (Wildman–Crippen MR) is 165 cm³/mol. The van der Waals surface area contributed by atoms with Crippen LogP contribution >= 0.6 is 0 Å². The summed E-state index contributed by atoms with van der Waals surface area (Å²) < 4.78 is 8.17. The molecule has 4 rings (SSSR count). The van der Waals surface area contributed by atoms with E-state index in [4.69, 9.17) is 4.74 Å². The number of hydrogen-bond acceptors (Lipinski definition) is 3. The Balaban J connectivity index is 1.58. The van der Waals surface area contributed by atoms with Crippen LogP contribution in [0, 0.1) is 26.7 Å². The van der Waals surface area contributed by atoms with E-state index < -0.39 is 12.1 Å². The first-order chi connectivity index (χ1) is 19.4. The van der Waals surface area contributed by atoms with Crippen molar-refractivity contribution in [3.8, 4) is 5.75 Å². The van der Waals surface area contributed by atoms with Gasteiger partial charge in [-0.3, -0.25) is 4.79 Å². The van der Waals surface area contributed by atoms with Gasteiger partial charge in [-0.15, -0.1) is 0 Å². The maximum Gasteiger partial charge on any atom is 0.345 e. The first-order valence-electron chi connectivity index (χ1n) is 14.4. The highest BCUT2D eigenvalue weighted by Crippen LogP contribution is 2.30. The number of carbonyl (C=O) groups excluding carboxylic acids is 1. The summed E-state index contributed by atoms with van der Waals surface area (Å²) in [6.45, 7) is 16.7. The maximum absolute atomic E-state index is 13.3. The van der Waals surface area contributed by atoms with E-state index in [1.165, 1.54) is 5.56 Å². The Morgan fingerprint density at radius 1 is 0.902 bits per heavy atom. The molecule has 216 valence electrons. The van der Waals surface area contributed by atoms with E-state index in [9.17, 15) is 14.7 Å². The van der Waals surface area contributed by atoms with Crippen molar-refractivity contribution in [3.05, 3.63) is 99.7 Å². The van der Waals surface area contributed by atoms with Crippen LogP contribution in [0.2, 0.25) is 0 Å². The number of benzene rings is 3. The van der Waals surface area contributed by atoms with Crippen molar-refractivity contribution in [1.82, 2.24) is 9.88 Å². The van der Waals surface area contributed by atoms with Crippen LogP contribution in [-0.2, 0) is 11.3 Å². The zero-order valence-corrected chi connectivity index (χ0v) is 25.4. The number of nitrogens with one attached hydrogen (secondary N) is 1. The molecule has 0 aliphatic carbocycles. The van der Waals surface area contributed by atoms with E-state index >= 15 is 0 Å². The summed E-state index contributed by atoms with van der Waals surface area (Å²) in [7, 11) is 0. The Kier molecular flexibility index (Phi) is 8.91. The standard InChI is InChI=1S/C35H42N2O4/c1-20(2)27-10-9-11-28(17-27)24(7)36-34(38)29-14-15-31-30(18-29)23(6)25(8)37(31)19-26-13-12-22(5)32(16-26)41-33(21(3)4)35(39)40/h9-18,20-21,24,33H,19H2,1-8H3,(H,36,38)(H,39,40). The Morgan fingerprint density at radius 2 is 1.61 bits per heavy atom. The van der Waals surface area contributed by atoms with Crippen LogP contribution in [0.3, 0.4) is 0 Å². The van der Waals surface area contributed by atoms with Gasteiger partial charge < -0.3 is 19.7 Å². The Bertz CT molecular complexity index is 1580. The number of aliphatic carboxylic acids is 1. The first-order valence-corrected chi connectivity index (χ1v) is 14.4. The van der Waals surface area contributed by atoms with Gasteiger partial charge in [-0.25, -0.2) is 4.79 Å². The van der Waals surface area contributed by atoms with Crippen molar-refractivity contribution in [2.24, 2.45) is 5.92 Å². The minimum atomic E-state index is -0.967. The number of aromatic nitrogens is 1. The molecule has 0 saturated carbocycles. The number of carbonyl (C=O) groups is 2. The van der Waals surface area contributed by atoms with Crippen molar-refractivity contribution in [3.63, 3.8) is 0 Å². The monoisotopic (exact) mass is 554 g/mol. The zero-order valence-electron chi connectivity index (χ0n) is 25.4. The van der Waals surface area contributed by atoms with Crippen molar-refractivity contribution in [2.75, 3.05) is 0 Å². The number of aryl methyl sites for hydroxylation is 2. The third-order valence-electron chi connectivity index (χ3n) is 8.02. The summed E-state index contributed by atoms with van der Waals surface area (Å²) in [4.78, 5) is 25.0. The van der Waals surface area contributed by atoms with Crippen LogP contribution < -0.4 is 10.1 Å². The van der Waals surface area contributed by atoms with E-state index in [0.717, 1.165) is 38.9 Å². The number of carboxylic acids is 1. The maximum atomic E-state index is 13.3. The fourth-order valence-electron chi connectivity index (χ4n) is 5.21. The van der Waals surface area contributed by atoms with Crippen molar-refractivity contribution < 1.29 is 19.4 Å². The van der Waals surface area contributed by atoms with Crippen LogP contribution in [-0.4, -0.2) is 27.7 Å². The highest BCUT2D eigenvalue weighted by atomic mass is 16.5. The second-order valence-corrected chi connectivity index (χ2v) is 11.8. The number of fused-ring (bicyclic) bond motifs is 1. The first kappa shape index (κ1) is 29.9. The minimum Gasteiger partial charge on any atom is -0.478 e. The predicted octanol–water partition coefficient (Wildman–Crippen LogP) is 7.72. The molecule has 3 aromatic carbocycles. The quantitative estimate of drug-likeness (QED) is 0.210. The normalized spacial score (nSPS) is 13.0. The second-order valence-electron chi connectivity index (χ2n) is 11.8. The minimum absolute atomic E-state index is 0.0994. The van der Waals surface area contributed by atoms with E-state index in [2.05, 4.69) is 55.8 Å². The molecule has 0 fully saturated rings. The second kappa shape index (κ2) is 12.2. The Morgan fingerprint density at radius 3 is 2.27 bits per heavy atom. The van der Waals surface area contributed by atoms with Crippen LogP contribution in [0.15, 0.2) is 60.7 Å². The van der Waals surface area contributed by atoms with Crippen LogP contribution in [0.4, 0.5) is 0 Å². The smallest absolute Gasteiger partial charge is 0.345 e. The molecule has 0 aliphatic heterocycles. The van der Waals surface area contributed by atoms with Gasteiger partial charge in [0.1, 0.15) is 5.75 Å². The SMILES string of the molecule is Cc1ccc(Cn2c(C)c(C)c3cc(C(=O)NC(C)c4cccc(C(C)C)c4)ccc32)cc1OC(C(=O)O)C(C)C. The van der Waals surface area contributed by atoms with Gasteiger partial charge in [0.05, 0.1) is 6.04 Å². The molecule has 2 N–H and O–H groups in total. The lowest BCUT2D eigenvalue weighted by atomic mass is 9.98. The lowest BCUT2D eigenvalue weighted by Gasteiger charge is -2.20. The number of nitrogens with zero attached hydrogens (tertiary/aromatic N) is 1. The number of ether oxygens (including phenoxy) is 1. The molecular formula is C35H42N2O4. The summed E-state index contributed by atoms with van der Waals surface area (Å²) in [6.07, 6.45) is -0.910. The molecule has 6 heteroatoms. The number of amides is 1. The molecule has 0 aliphatic rings. The third-order valence-corrected chi connectivity index (χ3v) is 8.02. The summed E-state index contributed by atoms with van der Waals surface area (Å²) in [5, 5.41) is 13.8. The van der Waals surface area contributed by atoms with E-state index in [1.54, 1.807) is 0 Å². The molecule has 0 spiro atoms. The summed E-state index contributed by atoms with van der Waals surface area (Å²) in [6, 6.07) is 20.1. The molecule has 1 heterocycles. The lowest BCUT2D eigenvalue weighted by molar-refractivity contribution is -0.147. The van der Waals surface area contributed by atoms with Crippen LogP contribution in [0.5, 0.6) is 5.75 Å². The molecule has 2 atom stereocenters. The van der Waals surface area contributed by atoms with Gasteiger partial charge >= 0.3 is 5.97 Å². The number of hydrogen-bond donors (Lipinski definition) is 2. The third kappa shape index (κ3) is 6.48. The summed E-state index contributed by atoms with van der Waals surface area (Å²) in [5.41, 5.74) is 8.17. The summed E-state index contributed by atoms with van der Waals surface area (Å²) in [5.74, 6) is -0.213. The van der Waals surface area contributed by atoms with E-state index in [0.29, 0.717) is 23.8 Å². The average Bonchev–Trinajstić information content (AvgIpc) is 3.16. The highest BCUT2D eigenvalue weighted by Gasteiger charge is 2.24. The van der Waals surface area contributed by atoms with Gasteiger partial charge in [0.25, 0.3) is 5.91 Å². The molecule has 0 radical (unpaired) electrons. The van der Waals surface area contributed by atoms with Gasteiger partial charge in [0.15, 0.2) is 6.10 Å². The molecule has 6 nitrogen and oxygen atoms in total. The largest absolute Gasteiger partial charge is 0.478 e. The molecule has 0 bridgehead atoms. The molecule has 41 heavy (non-hydrogen) atoms.